The van der Waals surface area contributed by atoms with Crippen molar-refractivity contribution in [3.63, 3.8) is 0 Å². The van der Waals surface area contributed by atoms with Crippen molar-refractivity contribution in [1.82, 2.24) is 20.3 Å². The van der Waals surface area contributed by atoms with Crippen molar-refractivity contribution in [2.75, 3.05) is 43.0 Å². The van der Waals surface area contributed by atoms with Gasteiger partial charge in [0.15, 0.2) is 0 Å². The molecule has 1 aliphatic rings. The van der Waals surface area contributed by atoms with E-state index in [9.17, 15) is 0 Å². The average Bonchev–Trinajstić information content (AvgIpc) is 2.42. The number of anilines is 3. The van der Waals surface area contributed by atoms with Gasteiger partial charge in [-0.05, 0) is 40.5 Å². The molecule has 1 fully saturated rings. The molecular weight excluding hydrogens is 304 g/mol. The van der Waals surface area contributed by atoms with E-state index >= 15 is 0 Å². The molecule has 24 heavy (non-hydrogen) atoms. The van der Waals surface area contributed by atoms with Crippen LogP contribution in [0.15, 0.2) is 0 Å². The van der Waals surface area contributed by atoms with E-state index in [1.807, 2.05) is 38.0 Å². The SMILES string of the molecule is CN(C)c1nc(N(C)C)nc(N(N)C2CC(C)(C)NC(C)(C)C2)n1. The van der Waals surface area contributed by atoms with Crippen LogP contribution in [-0.4, -0.2) is 60.3 Å². The van der Waals surface area contributed by atoms with Crippen LogP contribution in [0.25, 0.3) is 0 Å². The Hall–Kier alpha value is -1.67. The Labute approximate surface area is 145 Å². The summed E-state index contributed by atoms with van der Waals surface area (Å²) in [7, 11) is 7.65. The summed E-state index contributed by atoms with van der Waals surface area (Å²) in [6.45, 7) is 8.83. The molecule has 0 unspecified atom stereocenters. The van der Waals surface area contributed by atoms with Gasteiger partial charge in [0.25, 0.3) is 0 Å². The summed E-state index contributed by atoms with van der Waals surface area (Å²) in [4.78, 5) is 17.3. The minimum absolute atomic E-state index is 0.00578. The first kappa shape index (κ1) is 18.7. The van der Waals surface area contributed by atoms with Crippen molar-refractivity contribution in [3.8, 4) is 0 Å². The van der Waals surface area contributed by atoms with Crippen molar-refractivity contribution in [1.29, 1.82) is 0 Å². The van der Waals surface area contributed by atoms with Crippen LogP contribution in [0.1, 0.15) is 40.5 Å². The van der Waals surface area contributed by atoms with Crippen LogP contribution in [-0.2, 0) is 0 Å². The van der Waals surface area contributed by atoms with E-state index < -0.39 is 0 Å². The first-order valence-corrected chi connectivity index (χ1v) is 8.34. The summed E-state index contributed by atoms with van der Waals surface area (Å²) < 4.78 is 0. The van der Waals surface area contributed by atoms with Gasteiger partial charge in [-0.15, -0.1) is 0 Å². The number of piperidine rings is 1. The molecule has 0 aliphatic carbocycles. The third-order valence-corrected chi connectivity index (χ3v) is 4.19. The van der Waals surface area contributed by atoms with Crippen LogP contribution in [0.5, 0.6) is 0 Å². The van der Waals surface area contributed by atoms with Gasteiger partial charge in [0.1, 0.15) is 0 Å². The Bertz CT molecular complexity index is 539. The minimum Gasteiger partial charge on any atom is -0.347 e. The minimum atomic E-state index is 0.00578. The van der Waals surface area contributed by atoms with Gasteiger partial charge in [-0.1, -0.05) is 0 Å². The van der Waals surface area contributed by atoms with Gasteiger partial charge in [0.2, 0.25) is 17.8 Å². The smallest absolute Gasteiger partial charge is 0.246 e. The molecule has 1 aromatic heterocycles. The fourth-order valence-corrected chi connectivity index (χ4v) is 3.49. The molecular formula is C16H32N8. The van der Waals surface area contributed by atoms with Gasteiger partial charge < -0.3 is 15.1 Å². The summed E-state index contributed by atoms with van der Waals surface area (Å²) in [5.74, 6) is 8.18. The Balaban J connectivity index is 2.36. The highest BCUT2D eigenvalue weighted by atomic mass is 15.5. The van der Waals surface area contributed by atoms with E-state index in [-0.39, 0.29) is 17.1 Å². The average molecular weight is 336 g/mol. The third-order valence-electron chi connectivity index (χ3n) is 4.19. The highest BCUT2D eigenvalue weighted by molar-refractivity contribution is 5.45. The molecule has 1 saturated heterocycles. The van der Waals surface area contributed by atoms with Gasteiger partial charge in [-0.3, -0.25) is 5.01 Å². The van der Waals surface area contributed by atoms with Crippen molar-refractivity contribution in [2.24, 2.45) is 5.84 Å². The Kier molecular flexibility index (Phi) is 4.92. The lowest BCUT2D eigenvalue weighted by molar-refractivity contribution is 0.158. The number of nitrogens with one attached hydrogen (secondary N) is 1. The summed E-state index contributed by atoms with van der Waals surface area (Å²) in [6.07, 6.45) is 1.85. The summed E-state index contributed by atoms with van der Waals surface area (Å²) in [5.41, 5.74) is 0.0116. The molecule has 8 nitrogen and oxygen atoms in total. The van der Waals surface area contributed by atoms with Crippen LogP contribution in [0.3, 0.4) is 0 Å². The van der Waals surface area contributed by atoms with Crippen LogP contribution in [0, 0.1) is 0 Å². The van der Waals surface area contributed by atoms with Crippen molar-refractivity contribution < 1.29 is 0 Å². The Morgan fingerprint density at radius 3 is 1.58 bits per heavy atom. The molecule has 0 spiro atoms. The zero-order valence-electron chi connectivity index (χ0n) is 16.3. The van der Waals surface area contributed by atoms with Crippen LogP contribution >= 0.6 is 0 Å². The molecule has 0 bridgehead atoms. The second-order valence-electron chi connectivity index (χ2n) is 8.39. The first-order chi connectivity index (χ1) is 10.9. The van der Waals surface area contributed by atoms with E-state index in [1.54, 1.807) is 5.01 Å². The molecule has 2 heterocycles. The van der Waals surface area contributed by atoms with Gasteiger partial charge >= 0.3 is 0 Å². The molecule has 2 rings (SSSR count). The van der Waals surface area contributed by atoms with E-state index in [0.29, 0.717) is 17.8 Å². The number of hydrazine groups is 1. The Morgan fingerprint density at radius 2 is 1.21 bits per heavy atom. The number of nitrogens with two attached hydrogens (primary N) is 1. The maximum atomic E-state index is 6.47. The van der Waals surface area contributed by atoms with E-state index in [2.05, 4.69) is 48.0 Å². The predicted octanol–water partition coefficient (Wildman–Crippen LogP) is 0.993. The zero-order chi connectivity index (χ0) is 18.3. The molecule has 0 radical (unpaired) electrons. The molecule has 0 saturated carbocycles. The predicted molar refractivity (Wildman–Crippen MR) is 99.5 cm³/mol. The normalized spacial score (nSPS) is 19.9. The lowest BCUT2D eigenvalue weighted by Gasteiger charge is -2.48. The second-order valence-corrected chi connectivity index (χ2v) is 8.39. The van der Waals surface area contributed by atoms with Crippen LogP contribution in [0.2, 0.25) is 0 Å². The summed E-state index contributed by atoms with van der Waals surface area (Å²) in [6, 6.07) is 0.156. The standard InChI is InChI=1S/C16H32N8/c1-15(2)9-11(10-16(3,4)21-15)24(17)14-19-12(22(5)6)18-13(20-14)23(7)8/h11,21H,9-10,17H2,1-8H3. The molecule has 0 atom stereocenters. The number of hydrogen-bond donors (Lipinski definition) is 2. The van der Waals surface area contributed by atoms with E-state index in [4.69, 9.17) is 5.84 Å². The molecule has 136 valence electrons. The topological polar surface area (TPSA) is 86.4 Å². The maximum absolute atomic E-state index is 6.47. The molecule has 8 heteroatoms. The van der Waals surface area contributed by atoms with Crippen molar-refractivity contribution in [3.05, 3.63) is 0 Å². The highest BCUT2D eigenvalue weighted by Gasteiger charge is 2.40. The van der Waals surface area contributed by atoms with Crippen molar-refractivity contribution >= 4 is 17.8 Å². The van der Waals surface area contributed by atoms with Crippen molar-refractivity contribution in [2.45, 2.75) is 57.7 Å². The fourth-order valence-electron chi connectivity index (χ4n) is 3.49. The van der Waals surface area contributed by atoms with Crippen LogP contribution < -0.4 is 26.0 Å². The fraction of sp³-hybridized carbons (Fsp3) is 0.812. The zero-order valence-corrected chi connectivity index (χ0v) is 16.3. The van der Waals surface area contributed by atoms with Crippen LogP contribution in [0.4, 0.5) is 17.8 Å². The first-order valence-electron chi connectivity index (χ1n) is 8.34. The molecule has 1 aliphatic heterocycles. The van der Waals surface area contributed by atoms with Gasteiger partial charge in [-0.2, -0.15) is 15.0 Å². The Morgan fingerprint density at radius 1 is 0.833 bits per heavy atom. The molecule has 3 N–H and O–H groups in total. The molecule has 0 aromatic carbocycles. The monoisotopic (exact) mass is 336 g/mol. The third kappa shape index (κ3) is 4.24. The van der Waals surface area contributed by atoms with Gasteiger partial charge in [0.05, 0.1) is 6.04 Å². The summed E-state index contributed by atoms with van der Waals surface area (Å²) in [5, 5.41) is 5.39. The maximum Gasteiger partial charge on any atom is 0.246 e. The lowest BCUT2D eigenvalue weighted by atomic mass is 9.79. The molecule has 1 aromatic rings. The largest absolute Gasteiger partial charge is 0.347 e. The lowest BCUT2D eigenvalue weighted by Crippen LogP contribution is -2.63. The number of hydrogen-bond acceptors (Lipinski definition) is 8. The number of nitrogens with zero attached hydrogens (tertiary/aromatic N) is 6. The van der Waals surface area contributed by atoms with E-state index in [1.165, 1.54) is 0 Å². The van der Waals surface area contributed by atoms with E-state index in [0.717, 1.165) is 12.8 Å². The quantitative estimate of drug-likeness (QED) is 0.622. The highest BCUT2D eigenvalue weighted by Crippen LogP contribution is 2.32. The summed E-state index contributed by atoms with van der Waals surface area (Å²) >= 11 is 0. The van der Waals surface area contributed by atoms with Gasteiger partial charge in [0, 0.05) is 39.3 Å². The van der Waals surface area contributed by atoms with Gasteiger partial charge in [-0.25, -0.2) is 5.84 Å². The number of aromatic nitrogens is 3. The number of rotatable bonds is 4. The molecule has 0 amide bonds. The second kappa shape index (κ2) is 6.33.